The molecule has 2 amide bonds. The molecule has 0 aromatic heterocycles. The van der Waals surface area contributed by atoms with Crippen LogP contribution in [0.4, 0.5) is 0 Å². The zero-order valence-corrected chi connectivity index (χ0v) is 27.7. The Morgan fingerprint density at radius 1 is 1.11 bits per heavy atom. The summed E-state index contributed by atoms with van der Waals surface area (Å²) in [5.41, 5.74) is 2.40. The van der Waals surface area contributed by atoms with E-state index in [-0.39, 0.29) is 23.7 Å². The summed E-state index contributed by atoms with van der Waals surface area (Å²) in [5.74, 6) is -2.11. The third-order valence-corrected chi connectivity index (χ3v) is 9.95. The van der Waals surface area contributed by atoms with Crippen LogP contribution in [0.5, 0.6) is 5.75 Å². The lowest BCUT2D eigenvalue weighted by Gasteiger charge is -2.50. The number of ether oxygens (including phenoxy) is 1. The summed E-state index contributed by atoms with van der Waals surface area (Å²) >= 11 is 13.2. The van der Waals surface area contributed by atoms with Gasteiger partial charge in [0.25, 0.3) is 5.91 Å². The normalized spacial score (nSPS) is 24.8. The third-order valence-electron chi connectivity index (χ3n) is 8.57. The van der Waals surface area contributed by atoms with Crippen LogP contribution in [0.25, 0.3) is 0 Å². The SMILES string of the molecule is CS(=O)(=O)N[C@H]1CCCC[C@@H]1N1C(=O)c2ccccc2[C@@H](C(=O)NCCc2cccc(OCC(=O)O)c2)[C@@H]1C1=CCC(Cl)C=C1Cl. The Hall–Kier alpha value is -3.38. The molecule has 0 radical (unpaired) electrons. The molecule has 10 nitrogen and oxygen atoms in total. The van der Waals surface area contributed by atoms with Crippen LogP contribution in [0.2, 0.25) is 0 Å². The van der Waals surface area contributed by atoms with Crippen molar-refractivity contribution in [3.63, 3.8) is 0 Å². The molecule has 246 valence electrons. The lowest BCUT2D eigenvalue weighted by molar-refractivity contribution is -0.139. The number of aliphatic carboxylic acids is 1. The number of benzene rings is 2. The van der Waals surface area contributed by atoms with Crippen LogP contribution < -0.4 is 14.8 Å². The number of alkyl halides is 1. The quantitative estimate of drug-likeness (QED) is 0.298. The molecule has 1 unspecified atom stereocenters. The first kappa shape index (κ1) is 34.0. The van der Waals surface area contributed by atoms with Crippen LogP contribution in [0.3, 0.4) is 0 Å². The highest BCUT2D eigenvalue weighted by Gasteiger charge is 2.50. The van der Waals surface area contributed by atoms with Crippen molar-refractivity contribution in [1.82, 2.24) is 14.9 Å². The minimum Gasteiger partial charge on any atom is -0.482 e. The van der Waals surface area contributed by atoms with E-state index >= 15 is 0 Å². The Bertz CT molecular complexity index is 1660. The number of rotatable bonds is 11. The average molecular weight is 691 g/mol. The second kappa shape index (κ2) is 14.6. The van der Waals surface area contributed by atoms with Gasteiger partial charge in [0.1, 0.15) is 5.75 Å². The number of nitrogens with zero attached hydrogens (tertiary/aromatic N) is 1. The minimum absolute atomic E-state index is 0.259. The molecule has 3 aliphatic rings. The summed E-state index contributed by atoms with van der Waals surface area (Å²) in [6.45, 7) is -0.203. The lowest BCUT2D eigenvalue weighted by atomic mass is 9.75. The van der Waals surface area contributed by atoms with Crippen molar-refractivity contribution in [2.75, 3.05) is 19.4 Å². The number of carbonyl (C=O) groups is 3. The van der Waals surface area contributed by atoms with E-state index in [2.05, 4.69) is 10.0 Å². The Balaban J connectivity index is 1.50. The van der Waals surface area contributed by atoms with Crippen LogP contribution >= 0.6 is 23.2 Å². The molecule has 3 N–H and O–H groups in total. The first-order chi connectivity index (χ1) is 21.9. The van der Waals surface area contributed by atoms with E-state index in [1.807, 2.05) is 12.1 Å². The third kappa shape index (κ3) is 7.94. The summed E-state index contributed by atoms with van der Waals surface area (Å²) in [6.07, 6.45) is 8.30. The van der Waals surface area contributed by atoms with Crippen molar-refractivity contribution in [2.45, 2.75) is 67.9 Å². The number of fused-ring (bicyclic) bond motifs is 1. The van der Waals surface area contributed by atoms with Gasteiger partial charge in [-0.2, -0.15) is 0 Å². The maximum Gasteiger partial charge on any atom is 0.341 e. The van der Waals surface area contributed by atoms with E-state index in [4.69, 9.17) is 33.0 Å². The second-order valence-corrected chi connectivity index (χ2v) is 14.6. The Kier molecular flexibility index (Phi) is 10.8. The molecule has 0 bridgehead atoms. The molecular weight excluding hydrogens is 653 g/mol. The first-order valence-electron chi connectivity index (χ1n) is 15.2. The van der Waals surface area contributed by atoms with Crippen LogP contribution in [0.15, 0.2) is 71.3 Å². The number of hydrogen-bond acceptors (Lipinski definition) is 6. The first-order valence-corrected chi connectivity index (χ1v) is 18.0. The molecule has 1 aliphatic heterocycles. The van der Waals surface area contributed by atoms with Crippen molar-refractivity contribution < 1.29 is 32.6 Å². The lowest BCUT2D eigenvalue weighted by Crippen LogP contribution is -2.62. The topological polar surface area (TPSA) is 142 Å². The van der Waals surface area contributed by atoms with E-state index in [1.54, 1.807) is 53.4 Å². The summed E-state index contributed by atoms with van der Waals surface area (Å²) in [7, 11) is -3.59. The van der Waals surface area contributed by atoms with Crippen LogP contribution in [0.1, 0.15) is 59.5 Å². The maximum atomic E-state index is 14.4. The van der Waals surface area contributed by atoms with E-state index in [0.29, 0.717) is 53.2 Å². The van der Waals surface area contributed by atoms with Crippen LogP contribution in [-0.2, 0) is 26.0 Å². The number of sulfonamides is 1. The van der Waals surface area contributed by atoms with Gasteiger partial charge in [-0.05, 0) is 66.7 Å². The van der Waals surface area contributed by atoms with Gasteiger partial charge >= 0.3 is 5.97 Å². The zero-order chi connectivity index (χ0) is 33.0. The van der Waals surface area contributed by atoms with Crippen LogP contribution in [0, 0.1) is 0 Å². The molecule has 5 rings (SSSR count). The molecular formula is C33H37Cl2N3O7S. The Labute approximate surface area is 278 Å². The largest absolute Gasteiger partial charge is 0.482 e. The van der Waals surface area contributed by atoms with Gasteiger partial charge in [-0.15, -0.1) is 11.6 Å². The van der Waals surface area contributed by atoms with Gasteiger partial charge in [0, 0.05) is 29.2 Å². The number of halogens is 2. The summed E-state index contributed by atoms with van der Waals surface area (Å²) in [6, 6.07) is 12.2. The number of amides is 2. The fraction of sp³-hybridized carbons (Fsp3) is 0.424. The van der Waals surface area contributed by atoms with Gasteiger partial charge in [0.2, 0.25) is 15.9 Å². The standard InChI is InChI=1S/C33H37Cl2N3O7S/c1-46(43,44)37-27-11-4-5-12-28(27)38-31(25-14-13-21(34)18-26(25)35)30(23-9-2-3-10-24(23)33(38)42)32(41)36-16-15-20-7-6-8-22(17-20)45-19-29(39)40/h2-3,6-10,14,17-18,21,27-28,30-31,37H,4-5,11-13,15-16,19H2,1H3,(H,36,41)(H,39,40)/t21?,27-,28-,30+,31-/m0/s1. The number of hydrogen-bond donors (Lipinski definition) is 3. The number of carbonyl (C=O) groups excluding carboxylic acids is 2. The van der Waals surface area contributed by atoms with Gasteiger partial charge in [0.05, 0.1) is 23.6 Å². The van der Waals surface area contributed by atoms with E-state index in [9.17, 15) is 22.8 Å². The van der Waals surface area contributed by atoms with Crippen molar-refractivity contribution in [2.24, 2.45) is 0 Å². The molecule has 2 aromatic rings. The molecule has 46 heavy (non-hydrogen) atoms. The minimum atomic E-state index is -3.59. The second-order valence-electron chi connectivity index (χ2n) is 11.9. The number of nitrogens with one attached hydrogen (secondary N) is 2. The van der Waals surface area contributed by atoms with Gasteiger partial charge in [-0.1, -0.05) is 60.9 Å². The summed E-state index contributed by atoms with van der Waals surface area (Å²) in [4.78, 5) is 41.3. The molecule has 2 aromatic carbocycles. The van der Waals surface area contributed by atoms with Crippen LogP contribution in [-0.4, -0.2) is 79.1 Å². The fourth-order valence-electron chi connectivity index (χ4n) is 6.68. The summed E-state index contributed by atoms with van der Waals surface area (Å²) in [5, 5.41) is 12.0. The molecule has 1 saturated carbocycles. The molecule has 1 heterocycles. The number of carboxylic acids is 1. The monoisotopic (exact) mass is 689 g/mol. The summed E-state index contributed by atoms with van der Waals surface area (Å²) < 4.78 is 32.9. The van der Waals surface area contributed by atoms with E-state index in [0.717, 1.165) is 24.7 Å². The average Bonchev–Trinajstić information content (AvgIpc) is 3.00. The fourth-order valence-corrected chi connectivity index (χ4v) is 8.13. The Morgan fingerprint density at radius 3 is 2.61 bits per heavy atom. The predicted molar refractivity (Wildman–Crippen MR) is 176 cm³/mol. The van der Waals surface area contributed by atoms with E-state index in [1.165, 1.54) is 0 Å². The predicted octanol–water partition coefficient (Wildman–Crippen LogP) is 4.34. The molecule has 0 saturated heterocycles. The molecule has 0 spiro atoms. The highest BCUT2D eigenvalue weighted by atomic mass is 35.5. The van der Waals surface area contributed by atoms with Crippen molar-refractivity contribution in [3.05, 3.63) is 88.0 Å². The molecule has 1 fully saturated rings. The molecule has 2 aliphatic carbocycles. The zero-order valence-electron chi connectivity index (χ0n) is 25.3. The van der Waals surface area contributed by atoms with Gasteiger partial charge in [0.15, 0.2) is 6.61 Å². The molecule has 13 heteroatoms. The highest BCUT2D eigenvalue weighted by Crippen LogP contribution is 2.44. The van der Waals surface area contributed by atoms with Crippen molar-refractivity contribution in [1.29, 1.82) is 0 Å². The van der Waals surface area contributed by atoms with E-state index < -0.39 is 46.6 Å². The van der Waals surface area contributed by atoms with Gasteiger partial charge in [-0.3, -0.25) is 9.59 Å². The van der Waals surface area contributed by atoms with Gasteiger partial charge in [-0.25, -0.2) is 17.9 Å². The highest BCUT2D eigenvalue weighted by molar-refractivity contribution is 7.88. The Morgan fingerprint density at radius 2 is 1.87 bits per heavy atom. The maximum absolute atomic E-state index is 14.4. The van der Waals surface area contributed by atoms with Gasteiger partial charge < -0.3 is 20.1 Å². The van der Waals surface area contributed by atoms with Crippen molar-refractivity contribution in [3.8, 4) is 5.75 Å². The smallest absolute Gasteiger partial charge is 0.341 e. The number of allylic oxidation sites excluding steroid dienone is 2. The molecule has 5 atom stereocenters. The van der Waals surface area contributed by atoms with Crippen molar-refractivity contribution >= 4 is 51.0 Å². The number of carboxylic acid groups (broad SMARTS) is 1.